The second-order valence-electron chi connectivity index (χ2n) is 6.99. The molecule has 1 amide bonds. The summed E-state index contributed by atoms with van der Waals surface area (Å²) in [6.07, 6.45) is 1.57. The molecule has 0 radical (unpaired) electrons. The van der Waals surface area contributed by atoms with Crippen LogP contribution in [0.2, 0.25) is 0 Å². The topological polar surface area (TPSA) is 70.2 Å². The van der Waals surface area contributed by atoms with Crippen LogP contribution in [0.25, 0.3) is 0 Å². The van der Waals surface area contributed by atoms with E-state index in [0.717, 1.165) is 25.9 Å². The number of piperazine rings is 1. The molecule has 2 fully saturated rings. The lowest BCUT2D eigenvalue weighted by Crippen LogP contribution is -2.47. The van der Waals surface area contributed by atoms with Gasteiger partial charge in [-0.15, -0.1) is 0 Å². The van der Waals surface area contributed by atoms with Crippen LogP contribution in [0.4, 0.5) is 0 Å². The number of hydrogen-bond acceptors (Lipinski definition) is 5. The highest BCUT2D eigenvalue weighted by atomic mass is 32.2. The minimum atomic E-state index is -3.63. The maximum atomic E-state index is 13.0. The predicted molar refractivity (Wildman–Crippen MR) is 98.6 cm³/mol. The van der Waals surface area contributed by atoms with Crippen LogP contribution < -0.4 is 0 Å². The van der Waals surface area contributed by atoms with Gasteiger partial charge in [-0.25, -0.2) is 8.42 Å². The number of benzene rings is 1. The number of amides is 1. The van der Waals surface area contributed by atoms with Crippen molar-refractivity contribution in [3.8, 4) is 0 Å². The number of ether oxygens (including phenoxy) is 1. The van der Waals surface area contributed by atoms with Crippen molar-refractivity contribution >= 4 is 15.9 Å². The Balaban J connectivity index is 1.79. The van der Waals surface area contributed by atoms with E-state index in [1.54, 1.807) is 30.2 Å². The lowest BCUT2D eigenvalue weighted by Gasteiger charge is -2.33. The Morgan fingerprint density at radius 1 is 1.15 bits per heavy atom. The van der Waals surface area contributed by atoms with Gasteiger partial charge in [0.05, 0.1) is 11.0 Å². The van der Waals surface area contributed by atoms with Gasteiger partial charge in [0.25, 0.3) is 5.91 Å². The monoisotopic (exact) mass is 381 g/mol. The number of hydrogen-bond donors (Lipinski definition) is 0. The maximum Gasteiger partial charge on any atom is 0.253 e. The third-order valence-corrected chi connectivity index (χ3v) is 7.04. The lowest BCUT2D eigenvalue weighted by atomic mass is 10.1. The number of carbonyl (C=O) groups is 1. The van der Waals surface area contributed by atoms with Crippen molar-refractivity contribution in [3.05, 3.63) is 29.8 Å². The number of likely N-dealkylation sites (N-methyl/N-ethyl adjacent to an activating group) is 1. The van der Waals surface area contributed by atoms with Gasteiger partial charge < -0.3 is 14.5 Å². The first kappa shape index (κ1) is 19.3. The van der Waals surface area contributed by atoms with Crippen molar-refractivity contribution in [3.63, 3.8) is 0 Å². The third-order valence-electron chi connectivity index (χ3n) is 5.18. The van der Waals surface area contributed by atoms with E-state index < -0.39 is 10.0 Å². The minimum absolute atomic E-state index is 0.0753. The van der Waals surface area contributed by atoms with E-state index in [9.17, 15) is 13.2 Å². The molecule has 2 aliphatic heterocycles. The van der Waals surface area contributed by atoms with Crippen molar-refractivity contribution in [1.82, 2.24) is 14.1 Å². The Bertz CT molecular complexity index is 745. The van der Waals surface area contributed by atoms with Crippen molar-refractivity contribution < 1.29 is 17.9 Å². The Morgan fingerprint density at radius 2 is 1.88 bits per heavy atom. The molecule has 0 saturated carbocycles. The Labute approximate surface area is 155 Å². The van der Waals surface area contributed by atoms with E-state index in [4.69, 9.17) is 4.74 Å². The summed E-state index contributed by atoms with van der Waals surface area (Å²) in [4.78, 5) is 16.9. The summed E-state index contributed by atoms with van der Waals surface area (Å²) in [6, 6.07) is 6.40. The minimum Gasteiger partial charge on any atom is -0.380 e. The van der Waals surface area contributed by atoms with Gasteiger partial charge in [0.15, 0.2) is 0 Å². The summed E-state index contributed by atoms with van der Waals surface area (Å²) in [6.45, 7) is 3.82. The van der Waals surface area contributed by atoms with E-state index >= 15 is 0 Å². The molecule has 3 rings (SSSR count). The Morgan fingerprint density at radius 3 is 2.58 bits per heavy atom. The van der Waals surface area contributed by atoms with E-state index in [-0.39, 0.29) is 16.9 Å². The van der Waals surface area contributed by atoms with Crippen LogP contribution in [0.5, 0.6) is 0 Å². The number of rotatable bonds is 4. The van der Waals surface area contributed by atoms with Gasteiger partial charge >= 0.3 is 0 Å². The molecular formula is C18H27N3O4S. The fourth-order valence-corrected chi connectivity index (χ4v) is 5.00. The number of piperidine rings is 1. The molecule has 0 N–H and O–H groups in total. The molecule has 144 valence electrons. The molecular weight excluding hydrogens is 354 g/mol. The number of nitrogens with zero attached hydrogens (tertiary/aromatic N) is 3. The summed E-state index contributed by atoms with van der Waals surface area (Å²) in [7, 11) is 0.00975. The average Bonchev–Trinajstić information content (AvgIpc) is 2.68. The molecule has 0 aliphatic carbocycles. The van der Waals surface area contributed by atoms with Crippen LogP contribution in [-0.4, -0.2) is 88.0 Å². The summed E-state index contributed by atoms with van der Waals surface area (Å²) >= 11 is 0. The average molecular weight is 381 g/mol. The highest BCUT2D eigenvalue weighted by Gasteiger charge is 2.31. The molecule has 2 heterocycles. The highest BCUT2D eigenvalue weighted by molar-refractivity contribution is 7.89. The SMILES string of the molecule is CO[C@@H]1CCCN(S(=O)(=O)c2cccc(C(=O)N3CCN(C)CC3)c2)C1. The van der Waals surface area contributed by atoms with E-state index in [1.165, 1.54) is 10.4 Å². The maximum absolute atomic E-state index is 13.0. The van der Waals surface area contributed by atoms with Gasteiger partial charge in [-0.3, -0.25) is 4.79 Å². The lowest BCUT2D eigenvalue weighted by molar-refractivity contribution is 0.0571. The molecule has 2 saturated heterocycles. The zero-order valence-electron chi connectivity index (χ0n) is 15.4. The molecule has 8 heteroatoms. The van der Waals surface area contributed by atoms with Gasteiger partial charge in [0.1, 0.15) is 0 Å². The van der Waals surface area contributed by atoms with Crippen LogP contribution in [0.1, 0.15) is 23.2 Å². The quantitative estimate of drug-likeness (QED) is 0.774. The van der Waals surface area contributed by atoms with Crippen LogP contribution in [0, 0.1) is 0 Å². The second kappa shape index (κ2) is 8.04. The second-order valence-corrected chi connectivity index (χ2v) is 8.92. The number of sulfonamides is 1. The third kappa shape index (κ3) is 4.09. The molecule has 0 spiro atoms. The molecule has 0 bridgehead atoms. The zero-order chi connectivity index (χ0) is 18.7. The van der Waals surface area contributed by atoms with Crippen LogP contribution in [0.3, 0.4) is 0 Å². The molecule has 7 nitrogen and oxygen atoms in total. The fourth-order valence-electron chi connectivity index (χ4n) is 3.45. The smallest absolute Gasteiger partial charge is 0.253 e. The number of carbonyl (C=O) groups excluding carboxylic acids is 1. The molecule has 26 heavy (non-hydrogen) atoms. The highest BCUT2D eigenvalue weighted by Crippen LogP contribution is 2.23. The summed E-state index contributed by atoms with van der Waals surface area (Å²) in [5.41, 5.74) is 0.427. The summed E-state index contributed by atoms with van der Waals surface area (Å²) in [5, 5.41) is 0. The van der Waals surface area contributed by atoms with Crippen molar-refractivity contribution in [2.24, 2.45) is 0 Å². The molecule has 1 atom stereocenters. The van der Waals surface area contributed by atoms with Crippen LogP contribution in [0.15, 0.2) is 29.2 Å². The zero-order valence-corrected chi connectivity index (χ0v) is 16.2. The van der Waals surface area contributed by atoms with E-state index in [0.29, 0.717) is 31.7 Å². The van der Waals surface area contributed by atoms with Crippen molar-refractivity contribution in [1.29, 1.82) is 0 Å². The molecule has 1 aromatic rings. The van der Waals surface area contributed by atoms with Crippen LogP contribution >= 0.6 is 0 Å². The number of methoxy groups -OCH3 is 1. The first-order chi connectivity index (χ1) is 12.4. The van der Waals surface area contributed by atoms with Gasteiger partial charge in [-0.2, -0.15) is 4.31 Å². The van der Waals surface area contributed by atoms with Crippen molar-refractivity contribution in [2.45, 2.75) is 23.8 Å². The van der Waals surface area contributed by atoms with E-state index in [2.05, 4.69) is 4.90 Å². The first-order valence-corrected chi connectivity index (χ1v) is 10.5. The fraction of sp³-hybridized carbons (Fsp3) is 0.611. The first-order valence-electron chi connectivity index (χ1n) is 9.02. The van der Waals surface area contributed by atoms with Crippen LogP contribution in [-0.2, 0) is 14.8 Å². The molecule has 2 aliphatic rings. The predicted octanol–water partition coefficient (Wildman–Crippen LogP) is 0.874. The summed E-state index contributed by atoms with van der Waals surface area (Å²) < 4.78 is 32.8. The summed E-state index contributed by atoms with van der Waals surface area (Å²) in [5.74, 6) is -0.108. The Hall–Kier alpha value is -1.48. The normalized spacial score (nSPS) is 23.2. The van der Waals surface area contributed by atoms with Gasteiger partial charge in [-0.1, -0.05) is 6.07 Å². The molecule has 0 unspecified atom stereocenters. The van der Waals surface area contributed by atoms with E-state index in [1.807, 2.05) is 7.05 Å². The van der Waals surface area contributed by atoms with Gasteiger partial charge in [0, 0.05) is 51.9 Å². The van der Waals surface area contributed by atoms with Gasteiger partial charge in [0.2, 0.25) is 10.0 Å². The largest absolute Gasteiger partial charge is 0.380 e. The standard InChI is InChI=1S/C18H27N3O4S/c1-19-9-11-20(12-10-19)18(22)15-5-3-7-17(13-15)26(23,24)21-8-4-6-16(14-21)25-2/h3,5,7,13,16H,4,6,8-12,14H2,1-2H3/t16-/m1/s1. The molecule has 0 aromatic heterocycles. The Kier molecular flexibility index (Phi) is 5.96. The molecule has 1 aromatic carbocycles. The van der Waals surface area contributed by atoms with Crippen molar-refractivity contribution in [2.75, 3.05) is 53.4 Å². The van der Waals surface area contributed by atoms with Gasteiger partial charge in [-0.05, 0) is 38.1 Å².